The van der Waals surface area contributed by atoms with Crippen LogP contribution in [0.4, 0.5) is 0 Å². The molecular weight excluding hydrogens is 262 g/mol. The summed E-state index contributed by atoms with van der Waals surface area (Å²) in [7, 11) is 0. The average molecular weight is 279 g/mol. The molecule has 3 rings (SSSR count). The summed E-state index contributed by atoms with van der Waals surface area (Å²) in [6, 6.07) is 9.75. The van der Waals surface area contributed by atoms with Crippen molar-refractivity contribution in [1.82, 2.24) is 14.7 Å². The smallest absolute Gasteiger partial charge is 0.251 e. The Hall–Kier alpha value is -2.62. The third-order valence-electron chi connectivity index (χ3n) is 3.42. The first kappa shape index (κ1) is 13.4. The van der Waals surface area contributed by atoms with Crippen molar-refractivity contribution < 1.29 is 4.79 Å². The first-order chi connectivity index (χ1) is 10.2. The summed E-state index contributed by atoms with van der Waals surface area (Å²) in [5, 5.41) is 2.80. The monoisotopic (exact) mass is 279 g/mol. The zero-order valence-corrected chi connectivity index (χ0v) is 12.1. The van der Waals surface area contributed by atoms with Gasteiger partial charge >= 0.3 is 0 Å². The van der Waals surface area contributed by atoms with E-state index in [1.54, 1.807) is 6.20 Å². The van der Waals surface area contributed by atoms with Gasteiger partial charge < -0.3 is 9.72 Å². The van der Waals surface area contributed by atoms with Gasteiger partial charge in [-0.2, -0.15) is 0 Å². The summed E-state index contributed by atoms with van der Waals surface area (Å²) in [4.78, 5) is 16.2. The highest BCUT2D eigenvalue weighted by atomic mass is 16.1. The third-order valence-corrected chi connectivity index (χ3v) is 3.42. The fourth-order valence-corrected chi connectivity index (χ4v) is 2.45. The van der Waals surface area contributed by atoms with Crippen molar-refractivity contribution in [2.45, 2.75) is 13.8 Å². The molecule has 0 bridgehead atoms. The lowest BCUT2D eigenvalue weighted by Crippen LogP contribution is -2.22. The Morgan fingerprint density at radius 1 is 1.29 bits per heavy atom. The fraction of sp³-hybridized carbons (Fsp3) is 0.176. The SMILES string of the molecule is CCNC(=O)c1ccc(-c2cc(C)cn3ccnc23)cc1. The fourth-order valence-electron chi connectivity index (χ4n) is 2.45. The Morgan fingerprint density at radius 2 is 2.05 bits per heavy atom. The molecule has 0 spiro atoms. The van der Waals surface area contributed by atoms with Crippen molar-refractivity contribution in [2.75, 3.05) is 6.54 Å². The van der Waals surface area contributed by atoms with E-state index in [-0.39, 0.29) is 5.91 Å². The molecule has 1 amide bonds. The van der Waals surface area contributed by atoms with Gasteiger partial charge in [0.15, 0.2) is 0 Å². The zero-order valence-electron chi connectivity index (χ0n) is 12.1. The number of amides is 1. The van der Waals surface area contributed by atoms with Crippen LogP contribution in [0.2, 0.25) is 0 Å². The number of nitrogens with zero attached hydrogens (tertiary/aromatic N) is 2. The number of fused-ring (bicyclic) bond motifs is 1. The minimum Gasteiger partial charge on any atom is -0.352 e. The van der Waals surface area contributed by atoms with Crippen LogP contribution >= 0.6 is 0 Å². The number of pyridine rings is 1. The van der Waals surface area contributed by atoms with Gasteiger partial charge in [0.05, 0.1) is 0 Å². The van der Waals surface area contributed by atoms with Gasteiger partial charge in [0.1, 0.15) is 5.65 Å². The maximum Gasteiger partial charge on any atom is 0.251 e. The molecule has 0 radical (unpaired) electrons. The van der Waals surface area contributed by atoms with Crippen LogP contribution in [0.25, 0.3) is 16.8 Å². The molecule has 1 aromatic carbocycles. The van der Waals surface area contributed by atoms with E-state index < -0.39 is 0 Å². The van der Waals surface area contributed by atoms with Crippen molar-refractivity contribution in [2.24, 2.45) is 0 Å². The number of carbonyl (C=O) groups excluding carboxylic acids is 1. The highest BCUT2D eigenvalue weighted by Crippen LogP contribution is 2.25. The van der Waals surface area contributed by atoms with E-state index in [4.69, 9.17) is 0 Å². The molecule has 0 fully saturated rings. The van der Waals surface area contributed by atoms with E-state index in [2.05, 4.69) is 29.5 Å². The van der Waals surface area contributed by atoms with Gasteiger partial charge in [-0.1, -0.05) is 12.1 Å². The number of aryl methyl sites for hydroxylation is 1. The van der Waals surface area contributed by atoms with Gasteiger partial charge in [-0.15, -0.1) is 0 Å². The van der Waals surface area contributed by atoms with Crippen LogP contribution in [0.1, 0.15) is 22.8 Å². The number of hydrogen-bond acceptors (Lipinski definition) is 2. The molecule has 1 N–H and O–H groups in total. The summed E-state index contributed by atoms with van der Waals surface area (Å²) in [6.07, 6.45) is 5.78. The van der Waals surface area contributed by atoms with E-state index in [9.17, 15) is 4.79 Å². The Labute approximate surface area is 123 Å². The van der Waals surface area contributed by atoms with E-state index >= 15 is 0 Å². The average Bonchev–Trinajstić information content (AvgIpc) is 2.95. The standard InChI is InChI=1S/C17H17N3O/c1-3-18-17(21)14-6-4-13(5-7-14)15-10-12(2)11-20-9-8-19-16(15)20/h4-11H,3H2,1-2H3,(H,18,21). The molecule has 4 heteroatoms. The molecule has 21 heavy (non-hydrogen) atoms. The van der Waals surface area contributed by atoms with Crippen LogP contribution in [0.5, 0.6) is 0 Å². The topological polar surface area (TPSA) is 46.4 Å². The van der Waals surface area contributed by atoms with Crippen LogP contribution in [-0.2, 0) is 0 Å². The van der Waals surface area contributed by atoms with Crippen LogP contribution in [0.3, 0.4) is 0 Å². The Balaban J connectivity index is 2.03. The summed E-state index contributed by atoms with van der Waals surface area (Å²) in [5.74, 6) is -0.0424. The van der Waals surface area contributed by atoms with Crippen LogP contribution in [0, 0.1) is 6.92 Å². The predicted octanol–water partition coefficient (Wildman–Crippen LogP) is 3.06. The second-order valence-electron chi connectivity index (χ2n) is 5.03. The van der Waals surface area contributed by atoms with E-state index in [1.807, 2.05) is 41.8 Å². The van der Waals surface area contributed by atoms with E-state index in [0.717, 1.165) is 16.8 Å². The zero-order chi connectivity index (χ0) is 14.8. The number of aromatic nitrogens is 2. The van der Waals surface area contributed by atoms with Gasteiger partial charge in [-0.3, -0.25) is 4.79 Å². The summed E-state index contributed by atoms with van der Waals surface area (Å²) >= 11 is 0. The second kappa shape index (κ2) is 5.40. The molecule has 0 atom stereocenters. The van der Waals surface area contributed by atoms with Gasteiger partial charge in [0, 0.05) is 36.3 Å². The lowest BCUT2D eigenvalue weighted by Gasteiger charge is -2.07. The van der Waals surface area contributed by atoms with Crippen molar-refractivity contribution in [3.8, 4) is 11.1 Å². The lowest BCUT2D eigenvalue weighted by atomic mass is 10.0. The maximum absolute atomic E-state index is 11.8. The molecule has 4 nitrogen and oxygen atoms in total. The van der Waals surface area contributed by atoms with Crippen molar-refractivity contribution in [3.63, 3.8) is 0 Å². The van der Waals surface area contributed by atoms with Crippen LogP contribution in [0.15, 0.2) is 48.9 Å². The van der Waals surface area contributed by atoms with Gasteiger partial charge in [-0.25, -0.2) is 4.98 Å². The molecule has 0 unspecified atom stereocenters. The van der Waals surface area contributed by atoms with E-state index in [1.165, 1.54) is 5.56 Å². The number of nitrogens with one attached hydrogen (secondary N) is 1. The molecule has 3 aromatic rings. The van der Waals surface area contributed by atoms with Crippen LogP contribution in [-0.4, -0.2) is 21.8 Å². The lowest BCUT2D eigenvalue weighted by molar-refractivity contribution is 0.0956. The molecular formula is C17H17N3O. The molecule has 0 saturated carbocycles. The van der Waals surface area contributed by atoms with Crippen molar-refractivity contribution in [1.29, 1.82) is 0 Å². The molecule has 106 valence electrons. The van der Waals surface area contributed by atoms with Gasteiger partial charge in [0.2, 0.25) is 0 Å². The van der Waals surface area contributed by atoms with Crippen molar-refractivity contribution >= 4 is 11.6 Å². The van der Waals surface area contributed by atoms with E-state index in [0.29, 0.717) is 12.1 Å². The molecule has 0 aliphatic heterocycles. The summed E-state index contributed by atoms with van der Waals surface area (Å²) < 4.78 is 2.02. The summed E-state index contributed by atoms with van der Waals surface area (Å²) in [5.41, 5.74) is 4.90. The summed E-state index contributed by atoms with van der Waals surface area (Å²) in [6.45, 7) is 4.60. The number of carbonyl (C=O) groups is 1. The molecule has 0 saturated heterocycles. The Kier molecular flexibility index (Phi) is 3.44. The number of benzene rings is 1. The minimum absolute atomic E-state index is 0.0424. The van der Waals surface area contributed by atoms with Crippen molar-refractivity contribution in [3.05, 3.63) is 60.0 Å². The highest BCUT2D eigenvalue weighted by molar-refractivity contribution is 5.94. The molecule has 0 aliphatic carbocycles. The Bertz CT molecular complexity index is 787. The number of imidazole rings is 1. The highest BCUT2D eigenvalue weighted by Gasteiger charge is 2.08. The normalized spacial score (nSPS) is 10.8. The Morgan fingerprint density at radius 3 is 2.76 bits per heavy atom. The largest absolute Gasteiger partial charge is 0.352 e. The number of rotatable bonds is 3. The number of hydrogen-bond donors (Lipinski definition) is 1. The third kappa shape index (κ3) is 2.52. The molecule has 0 aliphatic rings. The van der Waals surface area contributed by atoms with Gasteiger partial charge in [0.25, 0.3) is 5.91 Å². The molecule has 2 heterocycles. The predicted molar refractivity (Wildman–Crippen MR) is 83.4 cm³/mol. The van der Waals surface area contributed by atoms with Gasteiger partial charge in [-0.05, 0) is 43.2 Å². The first-order valence-electron chi connectivity index (χ1n) is 7.01. The maximum atomic E-state index is 11.8. The minimum atomic E-state index is -0.0424. The quantitative estimate of drug-likeness (QED) is 0.801. The molecule has 2 aromatic heterocycles. The van der Waals surface area contributed by atoms with Crippen LogP contribution < -0.4 is 5.32 Å². The second-order valence-corrected chi connectivity index (χ2v) is 5.03. The first-order valence-corrected chi connectivity index (χ1v) is 7.01.